The highest BCUT2D eigenvalue weighted by Gasteiger charge is 2.23. The van der Waals surface area contributed by atoms with Gasteiger partial charge in [0.1, 0.15) is 5.75 Å². The van der Waals surface area contributed by atoms with E-state index in [1.54, 1.807) is 42.5 Å². The van der Waals surface area contributed by atoms with Crippen LogP contribution in [0.3, 0.4) is 0 Å². The number of aryl methyl sites for hydroxylation is 1. The Morgan fingerprint density at radius 2 is 1.90 bits per heavy atom. The maximum atomic E-state index is 12.7. The lowest BCUT2D eigenvalue weighted by atomic mass is 10.2. The normalized spacial score (nSPS) is 11.2. The summed E-state index contributed by atoms with van der Waals surface area (Å²) in [6.45, 7) is 4.28. The largest absolute Gasteiger partial charge is 0.494 e. The summed E-state index contributed by atoms with van der Waals surface area (Å²) in [5.74, 6) is -0.255. The van der Waals surface area contributed by atoms with Crippen LogP contribution in [0.25, 0.3) is 0 Å². The lowest BCUT2D eigenvalue weighted by molar-refractivity contribution is 0.102. The Bertz CT molecular complexity index is 1170. The third kappa shape index (κ3) is 5.34. The van der Waals surface area contributed by atoms with Gasteiger partial charge in [0.05, 0.1) is 23.6 Å². The van der Waals surface area contributed by atoms with Gasteiger partial charge in [-0.3, -0.25) is 4.79 Å². The van der Waals surface area contributed by atoms with E-state index >= 15 is 0 Å². The van der Waals surface area contributed by atoms with E-state index in [1.807, 2.05) is 19.9 Å². The highest BCUT2D eigenvalue weighted by Crippen LogP contribution is 2.21. The van der Waals surface area contributed by atoms with Gasteiger partial charge in [-0.15, -0.1) is 0 Å². The van der Waals surface area contributed by atoms with Crippen LogP contribution in [0.5, 0.6) is 5.75 Å². The quantitative estimate of drug-likeness (QED) is 0.550. The van der Waals surface area contributed by atoms with E-state index in [2.05, 4.69) is 15.3 Å². The van der Waals surface area contributed by atoms with E-state index in [4.69, 9.17) is 16.3 Å². The monoisotopic (exact) mass is 445 g/mol. The lowest BCUT2D eigenvalue weighted by Crippen LogP contribution is -2.18. The van der Waals surface area contributed by atoms with E-state index in [9.17, 15) is 13.2 Å². The lowest BCUT2D eigenvalue weighted by Gasteiger charge is -2.09. The van der Waals surface area contributed by atoms with Gasteiger partial charge in [0.15, 0.2) is 5.69 Å². The van der Waals surface area contributed by atoms with Crippen molar-refractivity contribution < 1.29 is 17.9 Å². The van der Waals surface area contributed by atoms with E-state index in [-0.39, 0.29) is 16.5 Å². The molecule has 0 saturated heterocycles. The minimum absolute atomic E-state index is 0.0482. The summed E-state index contributed by atoms with van der Waals surface area (Å²) in [7, 11) is -3.87. The molecule has 0 spiro atoms. The summed E-state index contributed by atoms with van der Waals surface area (Å²) < 4.78 is 30.8. The van der Waals surface area contributed by atoms with Gasteiger partial charge in [-0.25, -0.2) is 18.4 Å². The number of sulfone groups is 1. The van der Waals surface area contributed by atoms with Crippen molar-refractivity contribution in [3.63, 3.8) is 0 Å². The SMILES string of the molecule is CCOc1ccc(NC(=O)c2nc(S(=O)(=O)Cc3cccc(C)c3)ncc2Cl)cc1. The van der Waals surface area contributed by atoms with E-state index in [0.717, 1.165) is 11.8 Å². The van der Waals surface area contributed by atoms with Crippen LogP contribution in [0.15, 0.2) is 59.9 Å². The number of hydrogen-bond acceptors (Lipinski definition) is 6. The highest BCUT2D eigenvalue weighted by molar-refractivity contribution is 7.90. The first kappa shape index (κ1) is 21.7. The third-order valence-electron chi connectivity index (χ3n) is 4.08. The Morgan fingerprint density at radius 3 is 2.57 bits per heavy atom. The van der Waals surface area contributed by atoms with Gasteiger partial charge < -0.3 is 10.1 Å². The summed E-state index contributed by atoms with van der Waals surface area (Å²) in [6, 6.07) is 13.9. The number of carbonyl (C=O) groups is 1. The molecule has 3 rings (SSSR count). The molecule has 2 aromatic carbocycles. The maximum absolute atomic E-state index is 12.7. The number of hydrogen-bond donors (Lipinski definition) is 1. The van der Waals surface area contributed by atoms with Crippen molar-refractivity contribution in [1.82, 2.24) is 9.97 Å². The zero-order chi connectivity index (χ0) is 21.7. The Morgan fingerprint density at radius 1 is 1.17 bits per heavy atom. The van der Waals surface area contributed by atoms with E-state index in [1.165, 1.54) is 0 Å². The molecule has 0 saturated carbocycles. The van der Waals surface area contributed by atoms with Crippen LogP contribution in [0.4, 0.5) is 5.69 Å². The predicted octanol–water partition coefficient (Wildman–Crippen LogP) is 4.06. The second kappa shape index (κ2) is 9.23. The van der Waals surface area contributed by atoms with Crippen molar-refractivity contribution in [2.24, 2.45) is 0 Å². The highest BCUT2D eigenvalue weighted by atomic mass is 35.5. The molecular formula is C21H20ClN3O4S. The Kier molecular flexibility index (Phi) is 6.69. The van der Waals surface area contributed by atoms with Gasteiger partial charge in [0.25, 0.3) is 5.91 Å². The predicted molar refractivity (Wildman–Crippen MR) is 115 cm³/mol. The van der Waals surface area contributed by atoms with E-state index < -0.39 is 20.9 Å². The first-order valence-electron chi connectivity index (χ1n) is 9.13. The number of amides is 1. The van der Waals surface area contributed by atoms with Gasteiger partial charge in [0.2, 0.25) is 15.0 Å². The van der Waals surface area contributed by atoms with Crippen LogP contribution >= 0.6 is 11.6 Å². The Hall–Kier alpha value is -2.97. The van der Waals surface area contributed by atoms with Crippen molar-refractivity contribution >= 4 is 33.0 Å². The Labute approximate surface area is 180 Å². The zero-order valence-electron chi connectivity index (χ0n) is 16.4. The summed E-state index contributed by atoms with van der Waals surface area (Å²) in [6.07, 6.45) is 1.12. The zero-order valence-corrected chi connectivity index (χ0v) is 18.0. The van der Waals surface area contributed by atoms with Gasteiger partial charge in [-0.2, -0.15) is 0 Å². The Balaban J connectivity index is 1.82. The van der Waals surface area contributed by atoms with Crippen molar-refractivity contribution in [1.29, 1.82) is 0 Å². The standard InChI is InChI=1S/C21H20ClN3O4S/c1-3-29-17-9-7-16(8-10-17)24-20(26)19-18(22)12-23-21(25-19)30(27,28)13-15-6-4-5-14(2)11-15/h4-12H,3,13H2,1-2H3,(H,24,26). The molecule has 0 atom stereocenters. The second-order valence-corrected chi connectivity index (χ2v) is 8.80. The van der Waals surface area contributed by atoms with Crippen LogP contribution in [0.2, 0.25) is 5.02 Å². The van der Waals surface area contributed by atoms with Crippen molar-refractivity contribution in [2.75, 3.05) is 11.9 Å². The molecule has 7 nitrogen and oxygen atoms in total. The molecule has 30 heavy (non-hydrogen) atoms. The summed E-state index contributed by atoms with van der Waals surface area (Å²) in [5, 5.41) is 2.14. The molecule has 0 unspecified atom stereocenters. The van der Waals surface area contributed by atoms with Crippen molar-refractivity contribution in [2.45, 2.75) is 24.8 Å². The molecule has 0 radical (unpaired) electrons. The number of nitrogens with one attached hydrogen (secondary N) is 1. The topological polar surface area (TPSA) is 98.2 Å². The average Bonchev–Trinajstić information content (AvgIpc) is 2.69. The minimum atomic E-state index is -3.87. The molecular weight excluding hydrogens is 426 g/mol. The van der Waals surface area contributed by atoms with Crippen molar-refractivity contribution in [3.05, 3.63) is 76.6 Å². The summed E-state index contributed by atoms with van der Waals surface area (Å²) >= 11 is 6.05. The number of benzene rings is 2. The fraction of sp³-hybridized carbons (Fsp3) is 0.190. The van der Waals surface area contributed by atoms with Gasteiger partial charge in [0, 0.05) is 5.69 Å². The smallest absolute Gasteiger partial charge is 0.275 e. The molecule has 0 aliphatic carbocycles. The fourth-order valence-electron chi connectivity index (χ4n) is 2.74. The number of nitrogens with zero attached hydrogens (tertiary/aromatic N) is 2. The molecule has 0 fully saturated rings. The van der Waals surface area contributed by atoms with Crippen LogP contribution < -0.4 is 10.1 Å². The molecule has 0 aliphatic heterocycles. The molecule has 1 N–H and O–H groups in total. The first-order chi connectivity index (χ1) is 14.3. The third-order valence-corrected chi connectivity index (χ3v) is 5.82. The van der Waals surface area contributed by atoms with Crippen LogP contribution in [0, 0.1) is 6.92 Å². The molecule has 156 valence electrons. The molecule has 1 aromatic heterocycles. The molecule has 9 heteroatoms. The number of anilines is 1. The van der Waals surface area contributed by atoms with Crippen LogP contribution in [-0.4, -0.2) is 30.9 Å². The summed E-state index contributed by atoms with van der Waals surface area (Å²) in [5.41, 5.74) is 1.81. The molecule has 3 aromatic rings. The molecule has 1 heterocycles. The maximum Gasteiger partial charge on any atom is 0.275 e. The fourth-order valence-corrected chi connectivity index (χ4v) is 4.11. The first-order valence-corrected chi connectivity index (χ1v) is 11.2. The molecule has 1 amide bonds. The van der Waals surface area contributed by atoms with Crippen LogP contribution in [0.1, 0.15) is 28.5 Å². The molecule has 0 aliphatic rings. The van der Waals surface area contributed by atoms with Crippen molar-refractivity contribution in [3.8, 4) is 5.75 Å². The van der Waals surface area contributed by atoms with Gasteiger partial charge in [-0.05, 0) is 43.7 Å². The number of ether oxygens (including phenoxy) is 1. The van der Waals surface area contributed by atoms with E-state index in [0.29, 0.717) is 23.6 Å². The second-order valence-electron chi connectivity index (χ2n) is 6.51. The van der Waals surface area contributed by atoms with Gasteiger partial charge >= 0.3 is 0 Å². The number of rotatable bonds is 7. The number of halogens is 1. The molecule has 0 bridgehead atoms. The average molecular weight is 446 g/mol. The number of carbonyl (C=O) groups excluding carboxylic acids is 1. The minimum Gasteiger partial charge on any atom is -0.494 e. The number of aromatic nitrogens is 2. The van der Waals surface area contributed by atoms with Crippen LogP contribution in [-0.2, 0) is 15.6 Å². The van der Waals surface area contributed by atoms with Gasteiger partial charge in [-0.1, -0.05) is 41.4 Å². The summed E-state index contributed by atoms with van der Waals surface area (Å²) in [4.78, 5) is 20.4.